The molecule has 1 unspecified atom stereocenters. The van der Waals surface area contributed by atoms with Gasteiger partial charge in [-0.05, 0) is 17.7 Å². The van der Waals surface area contributed by atoms with E-state index >= 15 is 0 Å². The smallest absolute Gasteiger partial charge is 0.329 e. The minimum atomic E-state index is -1.09. The van der Waals surface area contributed by atoms with Crippen molar-refractivity contribution in [2.24, 2.45) is 0 Å². The number of aliphatic hydroxyl groups excluding tert-OH is 1. The van der Waals surface area contributed by atoms with E-state index in [-0.39, 0.29) is 12.3 Å². The summed E-state index contributed by atoms with van der Waals surface area (Å²) in [6.45, 7) is -0.577. The molecule has 18 heavy (non-hydrogen) atoms. The molecule has 0 aliphatic rings. The van der Waals surface area contributed by atoms with Crippen LogP contribution in [0.4, 0.5) is 0 Å². The van der Waals surface area contributed by atoms with Crippen molar-refractivity contribution < 1.29 is 19.7 Å². The summed E-state index contributed by atoms with van der Waals surface area (Å²) in [5.41, 5.74) is 1.44. The number of ether oxygens (including phenoxy) is 1. The van der Waals surface area contributed by atoms with Crippen LogP contribution >= 0.6 is 0 Å². The van der Waals surface area contributed by atoms with E-state index in [4.69, 9.17) is 9.84 Å². The number of H-pyrrole nitrogens is 2. The van der Waals surface area contributed by atoms with Crippen LogP contribution in [0.3, 0.4) is 0 Å². The van der Waals surface area contributed by atoms with E-state index in [1.807, 2.05) is 0 Å². The van der Waals surface area contributed by atoms with E-state index in [1.54, 1.807) is 18.2 Å². The zero-order valence-electron chi connectivity index (χ0n) is 9.34. The van der Waals surface area contributed by atoms with E-state index < -0.39 is 18.7 Å². The first-order valence-corrected chi connectivity index (χ1v) is 5.26. The molecule has 0 radical (unpaired) electrons. The zero-order chi connectivity index (χ0) is 13.1. The highest BCUT2D eigenvalue weighted by Crippen LogP contribution is 2.17. The molecule has 1 aromatic carbocycles. The van der Waals surface area contributed by atoms with Crippen molar-refractivity contribution in [1.82, 2.24) is 9.97 Å². The topological polar surface area (TPSA) is 115 Å². The van der Waals surface area contributed by atoms with Crippen LogP contribution in [0, 0.1) is 0 Å². The minimum absolute atomic E-state index is 0.119. The lowest BCUT2D eigenvalue weighted by molar-refractivity contribution is -0.143. The molecule has 4 N–H and O–H groups in total. The lowest BCUT2D eigenvalue weighted by atomic mass is 10.1. The lowest BCUT2D eigenvalue weighted by Crippen LogP contribution is -2.13. The number of imidazole rings is 1. The standard InChI is InChI=1S/C11H12N2O5/c14-9(4-18-5-10(15)16)6-1-2-7-8(3-6)13-11(17)12-7/h1-3,9,14H,4-5H2,(H,15,16)(H2,12,13,17). The molecule has 2 aromatic rings. The highest BCUT2D eigenvalue weighted by molar-refractivity contribution is 5.75. The number of hydrogen-bond donors (Lipinski definition) is 4. The number of carboxylic acid groups (broad SMARTS) is 1. The fraction of sp³-hybridized carbons (Fsp3) is 0.273. The van der Waals surface area contributed by atoms with Crippen molar-refractivity contribution in [1.29, 1.82) is 0 Å². The number of fused-ring (bicyclic) bond motifs is 1. The fourth-order valence-corrected chi connectivity index (χ4v) is 1.61. The quantitative estimate of drug-likeness (QED) is 0.597. The van der Waals surface area contributed by atoms with Gasteiger partial charge >= 0.3 is 11.7 Å². The van der Waals surface area contributed by atoms with Gasteiger partial charge in [0.2, 0.25) is 0 Å². The Morgan fingerprint density at radius 2 is 2.06 bits per heavy atom. The molecule has 1 atom stereocenters. The van der Waals surface area contributed by atoms with Crippen LogP contribution < -0.4 is 5.69 Å². The summed E-state index contributed by atoms with van der Waals surface area (Å²) < 4.78 is 4.80. The van der Waals surface area contributed by atoms with Crippen molar-refractivity contribution in [3.05, 3.63) is 34.2 Å². The van der Waals surface area contributed by atoms with Crippen LogP contribution in [-0.4, -0.2) is 39.4 Å². The molecule has 0 aliphatic heterocycles. The number of aliphatic hydroxyl groups is 1. The molecule has 0 aliphatic carbocycles. The molecule has 2 rings (SSSR count). The number of aromatic amines is 2. The van der Waals surface area contributed by atoms with Gasteiger partial charge in [0.15, 0.2) is 0 Å². The van der Waals surface area contributed by atoms with Gasteiger partial charge in [0.05, 0.1) is 17.6 Å². The van der Waals surface area contributed by atoms with E-state index in [0.29, 0.717) is 16.6 Å². The number of benzene rings is 1. The summed E-state index contributed by atoms with van der Waals surface area (Å²) in [4.78, 5) is 26.4. The van der Waals surface area contributed by atoms with Crippen molar-refractivity contribution >= 4 is 17.0 Å². The predicted octanol–water partition coefficient (Wildman–Crippen LogP) is -0.00920. The molecule has 0 fully saturated rings. The van der Waals surface area contributed by atoms with Crippen molar-refractivity contribution in [2.45, 2.75) is 6.10 Å². The third-order valence-electron chi connectivity index (χ3n) is 2.43. The number of aromatic nitrogens is 2. The number of aliphatic carboxylic acids is 1. The van der Waals surface area contributed by atoms with Crippen LogP contribution in [-0.2, 0) is 9.53 Å². The molecule has 0 amide bonds. The van der Waals surface area contributed by atoms with Gasteiger partial charge in [-0.3, -0.25) is 0 Å². The molecule has 7 heteroatoms. The Morgan fingerprint density at radius 3 is 2.78 bits per heavy atom. The molecular formula is C11H12N2O5. The Kier molecular flexibility index (Phi) is 3.45. The van der Waals surface area contributed by atoms with Crippen LogP contribution in [0.2, 0.25) is 0 Å². The van der Waals surface area contributed by atoms with Gasteiger partial charge in [-0.15, -0.1) is 0 Å². The maximum Gasteiger partial charge on any atom is 0.329 e. The summed E-state index contributed by atoms with van der Waals surface area (Å²) in [6, 6.07) is 4.91. The largest absolute Gasteiger partial charge is 0.480 e. The SMILES string of the molecule is O=C(O)COCC(O)c1ccc2[nH]c(=O)[nH]c2c1. The second kappa shape index (κ2) is 5.03. The number of hydrogen-bond acceptors (Lipinski definition) is 4. The van der Waals surface area contributed by atoms with Gasteiger partial charge < -0.3 is 24.9 Å². The molecule has 0 bridgehead atoms. The average molecular weight is 252 g/mol. The fourth-order valence-electron chi connectivity index (χ4n) is 1.61. The van der Waals surface area contributed by atoms with Gasteiger partial charge in [-0.25, -0.2) is 9.59 Å². The first-order valence-electron chi connectivity index (χ1n) is 5.26. The second-order valence-corrected chi connectivity index (χ2v) is 3.81. The van der Waals surface area contributed by atoms with Gasteiger partial charge in [-0.2, -0.15) is 0 Å². The molecule has 96 valence electrons. The highest BCUT2D eigenvalue weighted by atomic mass is 16.5. The zero-order valence-corrected chi connectivity index (χ0v) is 9.34. The molecule has 0 spiro atoms. The van der Waals surface area contributed by atoms with Gasteiger partial charge in [0.25, 0.3) is 0 Å². The third kappa shape index (κ3) is 2.76. The van der Waals surface area contributed by atoms with Gasteiger partial charge in [0.1, 0.15) is 12.7 Å². The van der Waals surface area contributed by atoms with Crippen molar-refractivity contribution in [3.8, 4) is 0 Å². The van der Waals surface area contributed by atoms with Crippen LogP contribution in [0.1, 0.15) is 11.7 Å². The summed E-state index contributed by atoms with van der Waals surface area (Å²) >= 11 is 0. The molecule has 0 saturated carbocycles. The van der Waals surface area contributed by atoms with Crippen LogP contribution in [0.5, 0.6) is 0 Å². The summed E-state index contributed by atoms with van der Waals surface area (Å²) in [7, 11) is 0. The first-order chi connectivity index (χ1) is 8.56. The molecule has 7 nitrogen and oxygen atoms in total. The van der Waals surface area contributed by atoms with E-state index in [0.717, 1.165) is 0 Å². The Morgan fingerprint density at radius 1 is 1.33 bits per heavy atom. The average Bonchev–Trinajstić information content (AvgIpc) is 2.67. The summed E-state index contributed by atoms with van der Waals surface area (Å²) in [5.74, 6) is -1.09. The molecule has 1 heterocycles. The van der Waals surface area contributed by atoms with Crippen LogP contribution in [0.15, 0.2) is 23.0 Å². The lowest BCUT2D eigenvalue weighted by Gasteiger charge is -2.10. The molecular weight excluding hydrogens is 240 g/mol. The van der Waals surface area contributed by atoms with Crippen LogP contribution in [0.25, 0.3) is 11.0 Å². The highest BCUT2D eigenvalue weighted by Gasteiger charge is 2.10. The Balaban J connectivity index is 2.09. The third-order valence-corrected chi connectivity index (χ3v) is 2.43. The monoisotopic (exact) mass is 252 g/mol. The number of nitrogens with one attached hydrogen (secondary N) is 2. The predicted molar refractivity (Wildman–Crippen MR) is 62.3 cm³/mol. The summed E-state index contributed by atoms with van der Waals surface area (Å²) in [5, 5.41) is 18.2. The number of carbonyl (C=O) groups is 1. The normalized spacial score (nSPS) is 12.7. The van der Waals surface area contributed by atoms with E-state index in [9.17, 15) is 14.7 Å². The summed E-state index contributed by atoms with van der Waals surface area (Å²) in [6.07, 6.45) is -0.938. The van der Waals surface area contributed by atoms with Gasteiger partial charge in [-0.1, -0.05) is 6.07 Å². The van der Waals surface area contributed by atoms with E-state index in [2.05, 4.69) is 9.97 Å². The van der Waals surface area contributed by atoms with Crippen molar-refractivity contribution in [2.75, 3.05) is 13.2 Å². The molecule has 0 saturated heterocycles. The minimum Gasteiger partial charge on any atom is -0.480 e. The van der Waals surface area contributed by atoms with Gasteiger partial charge in [0, 0.05) is 0 Å². The first kappa shape index (κ1) is 12.3. The molecule has 1 aromatic heterocycles. The Labute approximate surface area is 101 Å². The second-order valence-electron chi connectivity index (χ2n) is 3.81. The Hall–Kier alpha value is -2.12. The number of carboxylic acids is 1. The van der Waals surface area contributed by atoms with E-state index in [1.165, 1.54) is 0 Å². The Bertz CT molecular complexity index is 615. The maximum atomic E-state index is 11.1. The van der Waals surface area contributed by atoms with Crippen molar-refractivity contribution in [3.63, 3.8) is 0 Å². The number of rotatable bonds is 5. The maximum absolute atomic E-state index is 11.1.